The van der Waals surface area contributed by atoms with Gasteiger partial charge in [0.2, 0.25) is 11.8 Å². The molecule has 0 bridgehead atoms. The Kier molecular flexibility index (Phi) is 4.26. The summed E-state index contributed by atoms with van der Waals surface area (Å²) < 4.78 is 0. The molecule has 1 saturated heterocycles. The van der Waals surface area contributed by atoms with Crippen molar-refractivity contribution in [2.75, 3.05) is 7.05 Å². The van der Waals surface area contributed by atoms with Crippen molar-refractivity contribution in [1.29, 1.82) is 0 Å². The largest absolute Gasteiger partial charge is 0.295 e. The van der Waals surface area contributed by atoms with E-state index in [1.54, 1.807) is 5.06 Å². The SMILES string of the molecule is CN1O[C@H]2CCC[C@@]2(C(=O)NC(=O)C(C)(C)C)[C@@H]1c1ccccc1. The molecule has 1 aromatic rings. The van der Waals surface area contributed by atoms with Crippen LogP contribution in [-0.4, -0.2) is 30.0 Å². The molecule has 24 heavy (non-hydrogen) atoms. The highest BCUT2D eigenvalue weighted by molar-refractivity contribution is 6.01. The number of carbonyl (C=O) groups excluding carboxylic acids is 2. The van der Waals surface area contributed by atoms with Gasteiger partial charge in [-0.2, -0.15) is 5.06 Å². The minimum absolute atomic E-state index is 0.180. The lowest BCUT2D eigenvalue weighted by atomic mass is 9.73. The summed E-state index contributed by atoms with van der Waals surface area (Å²) >= 11 is 0. The van der Waals surface area contributed by atoms with Crippen LogP contribution in [-0.2, 0) is 14.4 Å². The van der Waals surface area contributed by atoms with E-state index in [4.69, 9.17) is 4.84 Å². The van der Waals surface area contributed by atoms with E-state index in [-0.39, 0.29) is 24.0 Å². The second-order valence-corrected chi connectivity index (χ2v) is 7.92. The van der Waals surface area contributed by atoms with Crippen molar-refractivity contribution < 1.29 is 14.4 Å². The zero-order valence-corrected chi connectivity index (χ0v) is 14.8. The standard InChI is InChI=1S/C19H26N2O3/c1-18(2,3)16(22)20-17(23)19-12-8-11-14(19)24-21(4)15(19)13-9-6-5-7-10-13/h5-7,9-10,14-15H,8,11-12H2,1-4H3,(H,20,22,23)/t14-,15-,19-/m0/s1. The lowest BCUT2D eigenvalue weighted by molar-refractivity contribution is -0.147. The summed E-state index contributed by atoms with van der Waals surface area (Å²) in [4.78, 5) is 31.6. The highest BCUT2D eigenvalue weighted by Gasteiger charge is 2.62. The number of nitrogens with zero attached hydrogens (tertiary/aromatic N) is 1. The molecule has 3 rings (SSSR count). The summed E-state index contributed by atoms with van der Waals surface area (Å²) in [5.41, 5.74) is -0.270. The first kappa shape index (κ1) is 17.1. The maximum atomic E-state index is 13.2. The Morgan fingerprint density at radius 2 is 1.92 bits per heavy atom. The van der Waals surface area contributed by atoms with E-state index in [1.807, 2.05) is 58.2 Å². The van der Waals surface area contributed by atoms with Crippen LogP contribution in [0.1, 0.15) is 51.6 Å². The number of amides is 2. The Balaban J connectivity index is 1.97. The molecule has 1 N–H and O–H groups in total. The van der Waals surface area contributed by atoms with Gasteiger partial charge >= 0.3 is 0 Å². The molecule has 3 atom stereocenters. The first-order valence-corrected chi connectivity index (χ1v) is 8.57. The van der Waals surface area contributed by atoms with Gasteiger partial charge in [-0.25, -0.2) is 0 Å². The summed E-state index contributed by atoms with van der Waals surface area (Å²) in [5, 5.41) is 4.45. The fraction of sp³-hybridized carbons (Fsp3) is 0.579. The van der Waals surface area contributed by atoms with E-state index < -0.39 is 10.8 Å². The van der Waals surface area contributed by atoms with Crippen molar-refractivity contribution in [3.8, 4) is 0 Å². The summed E-state index contributed by atoms with van der Waals surface area (Å²) in [6.07, 6.45) is 2.31. The van der Waals surface area contributed by atoms with Crippen molar-refractivity contribution in [3.63, 3.8) is 0 Å². The Morgan fingerprint density at radius 1 is 1.25 bits per heavy atom. The average Bonchev–Trinajstić information content (AvgIpc) is 3.03. The monoisotopic (exact) mass is 330 g/mol. The molecule has 5 nitrogen and oxygen atoms in total. The molecule has 5 heteroatoms. The minimum Gasteiger partial charge on any atom is -0.295 e. The molecule has 1 heterocycles. The lowest BCUT2D eigenvalue weighted by Crippen LogP contribution is -2.51. The van der Waals surface area contributed by atoms with Crippen LogP contribution in [0, 0.1) is 10.8 Å². The van der Waals surface area contributed by atoms with Crippen LogP contribution in [0.25, 0.3) is 0 Å². The summed E-state index contributed by atoms with van der Waals surface area (Å²) in [6.45, 7) is 5.43. The van der Waals surface area contributed by atoms with Crippen LogP contribution in [0.2, 0.25) is 0 Å². The van der Waals surface area contributed by atoms with Gasteiger partial charge in [-0.05, 0) is 24.8 Å². The van der Waals surface area contributed by atoms with Crippen LogP contribution >= 0.6 is 0 Å². The maximum absolute atomic E-state index is 13.2. The second kappa shape index (κ2) is 5.97. The molecule has 0 radical (unpaired) electrons. The molecule has 1 aliphatic carbocycles. The van der Waals surface area contributed by atoms with Crippen molar-refractivity contribution >= 4 is 11.8 Å². The summed E-state index contributed by atoms with van der Waals surface area (Å²) in [6, 6.07) is 9.76. The third-order valence-corrected chi connectivity index (χ3v) is 5.22. The third kappa shape index (κ3) is 2.66. The number of hydroxylamine groups is 2. The van der Waals surface area contributed by atoms with Gasteiger partial charge in [0.25, 0.3) is 0 Å². The van der Waals surface area contributed by atoms with E-state index >= 15 is 0 Å². The van der Waals surface area contributed by atoms with E-state index in [0.717, 1.165) is 24.8 Å². The summed E-state index contributed by atoms with van der Waals surface area (Å²) in [5.74, 6) is -0.447. The van der Waals surface area contributed by atoms with Gasteiger partial charge < -0.3 is 0 Å². The lowest BCUT2D eigenvalue weighted by Gasteiger charge is -2.33. The van der Waals surface area contributed by atoms with Crippen molar-refractivity contribution in [2.24, 2.45) is 10.8 Å². The third-order valence-electron chi connectivity index (χ3n) is 5.22. The zero-order chi connectivity index (χ0) is 17.5. The van der Waals surface area contributed by atoms with Crippen molar-refractivity contribution in [2.45, 2.75) is 52.2 Å². The van der Waals surface area contributed by atoms with Gasteiger partial charge in [0.05, 0.1) is 17.6 Å². The Labute approximate surface area is 143 Å². The van der Waals surface area contributed by atoms with Gasteiger partial charge in [-0.15, -0.1) is 0 Å². The van der Waals surface area contributed by atoms with Gasteiger partial charge in [0.1, 0.15) is 0 Å². The van der Waals surface area contributed by atoms with Gasteiger partial charge in [-0.3, -0.25) is 19.7 Å². The van der Waals surface area contributed by atoms with Crippen LogP contribution < -0.4 is 5.32 Å². The molecule has 130 valence electrons. The van der Waals surface area contributed by atoms with Crippen LogP contribution in [0.5, 0.6) is 0 Å². The number of fused-ring (bicyclic) bond motifs is 1. The minimum atomic E-state index is -0.711. The number of carbonyl (C=O) groups is 2. The van der Waals surface area contributed by atoms with Gasteiger partial charge in [0, 0.05) is 12.5 Å². The predicted molar refractivity (Wildman–Crippen MR) is 90.7 cm³/mol. The molecule has 2 aliphatic rings. The van der Waals surface area contributed by atoms with E-state index in [0.29, 0.717) is 0 Å². The van der Waals surface area contributed by atoms with E-state index in [1.165, 1.54) is 0 Å². The predicted octanol–water partition coefficient (Wildman–Crippen LogP) is 2.83. The molecule has 2 fully saturated rings. The highest BCUT2D eigenvalue weighted by atomic mass is 16.7. The van der Waals surface area contributed by atoms with E-state index in [9.17, 15) is 9.59 Å². The zero-order valence-electron chi connectivity index (χ0n) is 14.8. The van der Waals surface area contributed by atoms with Crippen LogP contribution in [0.4, 0.5) is 0 Å². The molecule has 0 aromatic heterocycles. The molecule has 2 amide bonds. The molecule has 0 spiro atoms. The number of benzene rings is 1. The number of imide groups is 1. The smallest absolute Gasteiger partial charge is 0.237 e. The number of nitrogens with one attached hydrogen (secondary N) is 1. The van der Waals surface area contributed by atoms with Crippen LogP contribution in [0.3, 0.4) is 0 Å². The molecule has 0 unspecified atom stereocenters. The fourth-order valence-electron chi connectivity index (χ4n) is 3.98. The number of rotatable bonds is 2. The summed E-state index contributed by atoms with van der Waals surface area (Å²) in [7, 11) is 1.87. The molecule has 1 aromatic carbocycles. The van der Waals surface area contributed by atoms with Gasteiger partial charge in [-0.1, -0.05) is 51.1 Å². The number of hydrogen-bond donors (Lipinski definition) is 1. The first-order chi connectivity index (χ1) is 11.3. The highest BCUT2D eigenvalue weighted by Crippen LogP contribution is 2.56. The van der Waals surface area contributed by atoms with Crippen LogP contribution in [0.15, 0.2) is 30.3 Å². The first-order valence-electron chi connectivity index (χ1n) is 8.57. The molecular weight excluding hydrogens is 304 g/mol. The Hall–Kier alpha value is -1.72. The van der Waals surface area contributed by atoms with Crippen molar-refractivity contribution in [3.05, 3.63) is 35.9 Å². The average molecular weight is 330 g/mol. The van der Waals surface area contributed by atoms with Gasteiger partial charge in [0.15, 0.2) is 0 Å². The quantitative estimate of drug-likeness (QED) is 0.906. The molecular formula is C19H26N2O3. The normalized spacial score (nSPS) is 30.2. The topological polar surface area (TPSA) is 58.6 Å². The fourth-order valence-corrected chi connectivity index (χ4v) is 3.98. The second-order valence-electron chi connectivity index (χ2n) is 7.92. The molecule has 1 saturated carbocycles. The van der Waals surface area contributed by atoms with Crippen molar-refractivity contribution in [1.82, 2.24) is 10.4 Å². The van der Waals surface area contributed by atoms with E-state index in [2.05, 4.69) is 5.32 Å². The molecule has 1 aliphatic heterocycles. The number of hydrogen-bond acceptors (Lipinski definition) is 4. The Bertz CT molecular complexity index is 638. The Morgan fingerprint density at radius 3 is 2.54 bits per heavy atom. The maximum Gasteiger partial charge on any atom is 0.237 e.